The molecule has 0 saturated carbocycles. The molecule has 232 valence electrons. The molecule has 0 bridgehead atoms. The third-order valence-electron chi connectivity index (χ3n) is 10.4. The summed E-state index contributed by atoms with van der Waals surface area (Å²) in [5.74, 6) is 1.59. The van der Waals surface area contributed by atoms with E-state index in [4.69, 9.17) is 4.99 Å². The number of fused-ring (bicyclic) bond motifs is 6. The second-order valence-electron chi connectivity index (χ2n) is 13.3. The van der Waals surface area contributed by atoms with Gasteiger partial charge in [0.15, 0.2) is 0 Å². The Morgan fingerprint density at radius 3 is 2.11 bits per heavy atom. The van der Waals surface area contributed by atoms with Crippen molar-refractivity contribution in [3.8, 4) is 0 Å². The van der Waals surface area contributed by atoms with Gasteiger partial charge in [-0.2, -0.15) is 0 Å². The Kier molecular flexibility index (Phi) is 6.93. The maximum absolute atomic E-state index is 5.52. The summed E-state index contributed by atoms with van der Waals surface area (Å²) in [5.41, 5.74) is 9.12. The molecule has 0 spiro atoms. The van der Waals surface area contributed by atoms with Crippen LogP contribution >= 0.6 is 0 Å². The second-order valence-corrected chi connectivity index (χ2v) is 13.3. The van der Waals surface area contributed by atoms with E-state index in [1.165, 1.54) is 33.6 Å². The number of nitrogens with zero attached hydrogens (tertiary/aromatic N) is 3. The number of nitrogens with one attached hydrogen (secondary N) is 2. The van der Waals surface area contributed by atoms with Crippen molar-refractivity contribution in [1.29, 1.82) is 0 Å². The van der Waals surface area contributed by atoms with Gasteiger partial charge in [-0.3, -0.25) is 5.32 Å². The summed E-state index contributed by atoms with van der Waals surface area (Å²) >= 11 is 0. The third kappa shape index (κ3) is 4.76. The van der Waals surface area contributed by atoms with Crippen molar-refractivity contribution in [2.45, 2.75) is 49.7 Å². The van der Waals surface area contributed by atoms with Crippen LogP contribution in [0.25, 0.3) is 0 Å². The fourth-order valence-corrected chi connectivity index (χ4v) is 8.35. The predicted molar refractivity (Wildman–Crippen MR) is 191 cm³/mol. The number of hydrogen-bond acceptors (Lipinski definition) is 5. The first-order chi connectivity index (χ1) is 23.2. The molecule has 5 nitrogen and oxygen atoms in total. The highest BCUT2D eigenvalue weighted by atomic mass is 15.4. The lowest BCUT2D eigenvalue weighted by atomic mass is 9.85. The number of anilines is 1. The van der Waals surface area contributed by atoms with Crippen molar-refractivity contribution >= 4 is 11.6 Å². The quantitative estimate of drug-likeness (QED) is 0.244. The molecule has 0 fully saturated rings. The van der Waals surface area contributed by atoms with Gasteiger partial charge in [0, 0.05) is 17.3 Å². The standard InChI is InChI=1S/C42H39N5/c1-28-25-26-35-37(27-28)47(42-44-40(29-15-5-2-6-16-29)43-41(45-42)30-17-7-3-8-18-30)38-34-23-12-11-21-32(34)33-22-13-14-24-36(33)46(39(35)38)31-19-9-4-10-20-31/h2-26,28,33,36,38-41,43H,27H2,1H3,(H,44,45). The zero-order chi connectivity index (χ0) is 31.3. The number of benzene rings is 4. The van der Waals surface area contributed by atoms with Crippen LogP contribution in [0.4, 0.5) is 5.69 Å². The largest absolute Gasteiger partial charge is 0.355 e. The van der Waals surface area contributed by atoms with E-state index in [0.29, 0.717) is 5.92 Å². The molecule has 5 heteroatoms. The first kappa shape index (κ1) is 28.1. The normalized spacial score (nSPS) is 28.9. The van der Waals surface area contributed by atoms with Crippen molar-refractivity contribution in [3.05, 3.63) is 185 Å². The Balaban J connectivity index is 1.27. The maximum atomic E-state index is 5.52. The lowest BCUT2D eigenvalue weighted by Crippen LogP contribution is -2.53. The molecule has 0 saturated heterocycles. The molecule has 47 heavy (non-hydrogen) atoms. The van der Waals surface area contributed by atoms with Crippen LogP contribution in [0.5, 0.6) is 0 Å². The zero-order valence-electron chi connectivity index (χ0n) is 26.5. The van der Waals surface area contributed by atoms with E-state index in [1.54, 1.807) is 0 Å². The van der Waals surface area contributed by atoms with Crippen molar-refractivity contribution < 1.29 is 0 Å². The number of rotatable bonds is 3. The van der Waals surface area contributed by atoms with Crippen LogP contribution in [0, 0.1) is 5.92 Å². The molecule has 2 aliphatic carbocycles. The Bertz CT molecular complexity index is 1930. The van der Waals surface area contributed by atoms with Crippen LogP contribution in [-0.4, -0.2) is 22.9 Å². The molecule has 4 aromatic rings. The fourth-order valence-electron chi connectivity index (χ4n) is 8.35. The predicted octanol–water partition coefficient (Wildman–Crippen LogP) is 8.31. The Hall–Kier alpha value is -5.13. The molecule has 3 heterocycles. The molecule has 5 aliphatic rings. The van der Waals surface area contributed by atoms with Gasteiger partial charge in [-0.15, -0.1) is 0 Å². The third-order valence-corrected chi connectivity index (χ3v) is 10.4. The van der Waals surface area contributed by atoms with Gasteiger partial charge in [0.05, 0.1) is 18.1 Å². The monoisotopic (exact) mass is 613 g/mol. The van der Waals surface area contributed by atoms with Gasteiger partial charge in [-0.25, -0.2) is 4.99 Å². The van der Waals surface area contributed by atoms with E-state index in [9.17, 15) is 0 Å². The lowest BCUT2D eigenvalue weighted by Gasteiger charge is -2.43. The first-order valence-electron chi connectivity index (χ1n) is 16.9. The first-order valence-corrected chi connectivity index (χ1v) is 16.9. The SMILES string of the molecule is CC1C=CC2=C(C1)N(C1=NC(c3ccccc3)NC(c3ccccc3)N1)C1c3ccccc3C3C=CC=CC3N(c3ccccc3)C21. The van der Waals surface area contributed by atoms with Crippen molar-refractivity contribution in [1.82, 2.24) is 15.5 Å². The van der Waals surface area contributed by atoms with Gasteiger partial charge < -0.3 is 15.1 Å². The molecule has 9 rings (SSSR count). The molecular weight excluding hydrogens is 574 g/mol. The molecule has 0 radical (unpaired) electrons. The van der Waals surface area contributed by atoms with Crippen LogP contribution in [0.3, 0.4) is 0 Å². The molecule has 0 amide bonds. The van der Waals surface area contributed by atoms with E-state index in [-0.39, 0.29) is 36.4 Å². The van der Waals surface area contributed by atoms with Gasteiger partial charge in [-0.05, 0) is 52.3 Å². The summed E-state index contributed by atoms with van der Waals surface area (Å²) in [7, 11) is 0. The highest BCUT2D eigenvalue weighted by molar-refractivity contribution is 5.86. The molecule has 7 atom stereocenters. The molecule has 7 unspecified atom stereocenters. The maximum Gasteiger partial charge on any atom is 0.202 e. The van der Waals surface area contributed by atoms with Gasteiger partial charge >= 0.3 is 0 Å². The number of allylic oxidation sites excluding steroid dienone is 4. The van der Waals surface area contributed by atoms with E-state index in [1.807, 2.05) is 0 Å². The van der Waals surface area contributed by atoms with Crippen LogP contribution < -0.4 is 15.5 Å². The molecule has 0 aromatic heterocycles. The van der Waals surface area contributed by atoms with E-state index < -0.39 is 0 Å². The topological polar surface area (TPSA) is 42.9 Å². The number of para-hydroxylation sites is 1. The minimum Gasteiger partial charge on any atom is -0.355 e. The lowest BCUT2D eigenvalue weighted by molar-refractivity contribution is 0.318. The van der Waals surface area contributed by atoms with Crippen molar-refractivity contribution in [2.75, 3.05) is 4.90 Å². The van der Waals surface area contributed by atoms with E-state index in [0.717, 1.165) is 17.9 Å². The highest BCUT2D eigenvalue weighted by Crippen LogP contribution is 2.53. The van der Waals surface area contributed by atoms with Gasteiger partial charge in [0.25, 0.3) is 0 Å². The smallest absolute Gasteiger partial charge is 0.202 e. The van der Waals surface area contributed by atoms with Gasteiger partial charge in [0.1, 0.15) is 12.3 Å². The average molecular weight is 614 g/mol. The Labute approximate surface area is 277 Å². The van der Waals surface area contributed by atoms with E-state index >= 15 is 0 Å². The highest BCUT2D eigenvalue weighted by Gasteiger charge is 2.52. The summed E-state index contributed by atoms with van der Waals surface area (Å²) in [6, 6.07) is 41.8. The van der Waals surface area contributed by atoms with Gasteiger partial charge in [0.2, 0.25) is 5.96 Å². The fraction of sp³-hybridized carbons (Fsp3) is 0.214. The Morgan fingerprint density at radius 2 is 1.34 bits per heavy atom. The molecule has 4 aromatic carbocycles. The molecule has 3 aliphatic heterocycles. The summed E-state index contributed by atoms with van der Waals surface area (Å²) < 4.78 is 0. The molecule has 2 N–H and O–H groups in total. The number of guanidine groups is 1. The van der Waals surface area contributed by atoms with Gasteiger partial charge in [-0.1, -0.05) is 147 Å². The average Bonchev–Trinajstić information content (AvgIpc) is 3.40. The Morgan fingerprint density at radius 1 is 0.681 bits per heavy atom. The summed E-state index contributed by atoms with van der Waals surface area (Å²) in [6.07, 6.45) is 14.8. The van der Waals surface area contributed by atoms with Crippen molar-refractivity contribution in [2.24, 2.45) is 10.9 Å². The van der Waals surface area contributed by atoms with Crippen LogP contribution in [0.1, 0.15) is 59.9 Å². The minimum atomic E-state index is -0.197. The number of aliphatic imine (C=N–C) groups is 1. The summed E-state index contributed by atoms with van der Waals surface area (Å²) in [5, 5.41) is 7.74. The zero-order valence-corrected chi connectivity index (χ0v) is 26.5. The summed E-state index contributed by atoms with van der Waals surface area (Å²) in [6.45, 7) is 2.33. The van der Waals surface area contributed by atoms with E-state index in [2.05, 4.69) is 179 Å². The number of hydrogen-bond donors (Lipinski definition) is 2. The molecular formula is C42H39N5. The second kappa shape index (κ2) is 11.6. The minimum absolute atomic E-state index is 0.0240. The van der Waals surface area contributed by atoms with Crippen LogP contribution in [-0.2, 0) is 0 Å². The van der Waals surface area contributed by atoms with Crippen LogP contribution in [0.15, 0.2) is 168 Å². The van der Waals surface area contributed by atoms with Crippen LogP contribution in [0.2, 0.25) is 0 Å². The summed E-state index contributed by atoms with van der Waals surface area (Å²) in [4.78, 5) is 10.8. The van der Waals surface area contributed by atoms with Crippen molar-refractivity contribution in [3.63, 3.8) is 0 Å².